The molecular formula is C34H41BrN6O4S. The highest BCUT2D eigenvalue weighted by Gasteiger charge is 2.53. The Balaban J connectivity index is 1.07. The number of nitrogens with zero attached hydrogens (tertiary/aromatic N) is 5. The summed E-state index contributed by atoms with van der Waals surface area (Å²) in [6.45, 7) is 4.71. The standard InChI is InChI=1S/C34H41BrN6O4S/c1-37-33(42)45-31-10-6-9-29(31)34(23-36,25-7-4-3-5-8-25)26-15-17-40(18-16-26)19-24-20-41(21-24)27-11-13-28(14-12-27)46(43,44)32-30(35)22-39(2)38-32/h3-5,7-8,11-14,22,24,26,29,31H,6,9-10,15-21H2,1-2H3,(H,37,42)/t29-,31-,34?/m0/s1. The molecule has 2 saturated heterocycles. The first-order valence-electron chi connectivity index (χ1n) is 16.0. The van der Waals surface area contributed by atoms with Gasteiger partial charge in [-0.2, -0.15) is 10.4 Å². The molecule has 3 atom stereocenters. The van der Waals surface area contributed by atoms with Crippen LogP contribution in [0, 0.1) is 29.1 Å². The van der Waals surface area contributed by atoms with Gasteiger partial charge in [0.15, 0.2) is 5.03 Å². The van der Waals surface area contributed by atoms with Gasteiger partial charge in [-0.05, 0) is 96.9 Å². The number of ether oxygens (including phenoxy) is 1. The second-order valence-electron chi connectivity index (χ2n) is 12.9. The van der Waals surface area contributed by atoms with Crippen molar-refractivity contribution in [3.05, 3.63) is 70.8 Å². The number of piperidine rings is 1. The van der Waals surface area contributed by atoms with Crippen LogP contribution in [0.2, 0.25) is 0 Å². The predicted octanol–water partition coefficient (Wildman–Crippen LogP) is 5.15. The number of halogens is 1. The summed E-state index contributed by atoms with van der Waals surface area (Å²) in [5.41, 5.74) is 1.34. The van der Waals surface area contributed by atoms with Crippen molar-refractivity contribution < 1.29 is 17.9 Å². The lowest BCUT2D eigenvalue weighted by Gasteiger charge is -2.47. The number of aromatic nitrogens is 2. The van der Waals surface area contributed by atoms with Crippen LogP contribution in [-0.2, 0) is 27.0 Å². The van der Waals surface area contributed by atoms with Crippen molar-refractivity contribution in [3.63, 3.8) is 0 Å². The molecule has 0 radical (unpaired) electrons. The highest BCUT2D eigenvalue weighted by molar-refractivity contribution is 9.10. The number of aryl methyl sites for hydroxylation is 1. The molecule has 10 nitrogen and oxygen atoms in total. The van der Waals surface area contributed by atoms with E-state index in [2.05, 4.69) is 54.3 Å². The molecule has 3 heterocycles. The van der Waals surface area contributed by atoms with E-state index in [-0.39, 0.29) is 27.9 Å². The van der Waals surface area contributed by atoms with Gasteiger partial charge in [-0.3, -0.25) is 4.68 Å². The SMILES string of the molecule is CNC(=O)O[C@H]1CCC[C@@H]1C(C#N)(c1ccccc1)C1CCN(CC2CN(c3ccc(S(=O)(=O)c4nn(C)cc4Br)cc3)C2)CC1. The van der Waals surface area contributed by atoms with Gasteiger partial charge in [0.05, 0.1) is 20.9 Å². The molecular weight excluding hydrogens is 668 g/mol. The number of benzene rings is 2. The van der Waals surface area contributed by atoms with Crippen LogP contribution >= 0.6 is 15.9 Å². The normalized spacial score (nSPS) is 22.5. The average Bonchev–Trinajstić information content (AvgIpc) is 3.66. The molecule has 3 aromatic rings. The van der Waals surface area contributed by atoms with E-state index >= 15 is 0 Å². The van der Waals surface area contributed by atoms with E-state index in [9.17, 15) is 18.5 Å². The summed E-state index contributed by atoms with van der Waals surface area (Å²) in [5, 5.41) is 17.6. The average molecular weight is 710 g/mol. The summed E-state index contributed by atoms with van der Waals surface area (Å²) in [5.74, 6) is 0.662. The van der Waals surface area contributed by atoms with E-state index in [1.807, 2.05) is 30.3 Å². The minimum Gasteiger partial charge on any atom is -0.446 e. The monoisotopic (exact) mass is 708 g/mol. The third-order valence-corrected chi connectivity index (χ3v) is 12.7. The molecule has 244 valence electrons. The van der Waals surface area contributed by atoms with Gasteiger partial charge in [0.1, 0.15) is 6.10 Å². The molecule has 12 heteroatoms. The Hall–Kier alpha value is -3.40. The van der Waals surface area contributed by atoms with Gasteiger partial charge in [0.25, 0.3) is 0 Å². The first-order valence-corrected chi connectivity index (χ1v) is 18.3. The number of likely N-dealkylation sites (tertiary alicyclic amines) is 1. The summed E-state index contributed by atoms with van der Waals surface area (Å²) >= 11 is 3.30. The van der Waals surface area contributed by atoms with Crippen molar-refractivity contribution in [1.82, 2.24) is 20.0 Å². The van der Waals surface area contributed by atoms with Crippen molar-refractivity contribution >= 4 is 37.5 Å². The first-order chi connectivity index (χ1) is 22.1. The van der Waals surface area contributed by atoms with Crippen LogP contribution in [0.25, 0.3) is 0 Å². The Morgan fingerprint density at radius 3 is 2.39 bits per heavy atom. The highest BCUT2D eigenvalue weighted by atomic mass is 79.9. The zero-order chi connectivity index (χ0) is 32.5. The number of alkyl carbamates (subject to hydrolysis) is 1. The van der Waals surface area contributed by atoms with Crippen LogP contribution in [0.15, 0.2) is 75.2 Å². The lowest BCUT2D eigenvalue weighted by molar-refractivity contribution is 0.0307. The van der Waals surface area contributed by atoms with Crippen LogP contribution in [-0.4, -0.2) is 75.1 Å². The van der Waals surface area contributed by atoms with Gasteiger partial charge < -0.3 is 19.9 Å². The lowest BCUT2D eigenvalue weighted by Crippen LogP contribution is -2.54. The van der Waals surface area contributed by atoms with Gasteiger partial charge in [0.2, 0.25) is 9.84 Å². The minimum absolute atomic E-state index is 0.0200. The maximum Gasteiger partial charge on any atom is 0.407 e. The smallest absolute Gasteiger partial charge is 0.407 e. The molecule has 1 unspecified atom stereocenters. The Labute approximate surface area is 279 Å². The third kappa shape index (κ3) is 6.17. The van der Waals surface area contributed by atoms with Crippen molar-refractivity contribution in [3.8, 4) is 6.07 Å². The Morgan fingerprint density at radius 1 is 1.09 bits per heavy atom. The fourth-order valence-corrected chi connectivity index (χ4v) is 10.2. The predicted molar refractivity (Wildman–Crippen MR) is 178 cm³/mol. The van der Waals surface area contributed by atoms with E-state index in [1.165, 1.54) is 4.68 Å². The fourth-order valence-electron chi connectivity index (χ4n) is 7.89. The number of hydrogen-bond donors (Lipinski definition) is 1. The van der Waals surface area contributed by atoms with E-state index in [0.29, 0.717) is 10.4 Å². The number of nitrogens with one attached hydrogen (secondary N) is 1. The van der Waals surface area contributed by atoms with Gasteiger partial charge in [-0.15, -0.1) is 0 Å². The zero-order valence-electron chi connectivity index (χ0n) is 26.3. The Bertz CT molecular complexity index is 1680. The number of anilines is 1. The third-order valence-electron chi connectivity index (χ3n) is 10.2. The van der Waals surface area contributed by atoms with Crippen molar-refractivity contribution in [2.45, 2.75) is 53.5 Å². The largest absolute Gasteiger partial charge is 0.446 e. The molecule has 1 N–H and O–H groups in total. The lowest BCUT2D eigenvalue weighted by atomic mass is 9.59. The van der Waals surface area contributed by atoms with Crippen LogP contribution in [0.4, 0.5) is 10.5 Å². The molecule has 0 spiro atoms. The van der Waals surface area contributed by atoms with Gasteiger partial charge in [0, 0.05) is 57.4 Å². The number of carbonyl (C=O) groups excluding carboxylic acids is 1. The second kappa shape index (κ2) is 13.4. The second-order valence-corrected chi connectivity index (χ2v) is 15.6. The van der Waals surface area contributed by atoms with E-state index in [0.717, 1.165) is 76.1 Å². The molecule has 2 aromatic carbocycles. The molecule has 3 aliphatic rings. The molecule has 0 bridgehead atoms. The molecule has 6 rings (SSSR count). The van der Waals surface area contributed by atoms with E-state index in [4.69, 9.17) is 4.74 Å². The van der Waals surface area contributed by atoms with Crippen LogP contribution in [0.3, 0.4) is 0 Å². The molecule has 1 aliphatic carbocycles. The summed E-state index contributed by atoms with van der Waals surface area (Å²) in [4.78, 5) is 17.2. The Morgan fingerprint density at radius 2 is 1.78 bits per heavy atom. The molecule has 3 fully saturated rings. The molecule has 1 saturated carbocycles. The van der Waals surface area contributed by atoms with Crippen molar-refractivity contribution in [1.29, 1.82) is 5.26 Å². The van der Waals surface area contributed by atoms with E-state index in [1.54, 1.807) is 32.4 Å². The maximum absolute atomic E-state index is 13.1. The fraction of sp³-hybridized carbons (Fsp3) is 0.500. The van der Waals surface area contributed by atoms with Crippen LogP contribution < -0.4 is 10.2 Å². The number of rotatable bonds is 9. The number of nitriles is 1. The number of hydrogen-bond acceptors (Lipinski definition) is 8. The molecule has 1 amide bonds. The van der Waals surface area contributed by atoms with Gasteiger partial charge in [-0.1, -0.05) is 30.3 Å². The van der Waals surface area contributed by atoms with E-state index < -0.39 is 21.3 Å². The van der Waals surface area contributed by atoms with Gasteiger partial charge in [-0.25, -0.2) is 13.2 Å². The quantitative estimate of drug-likeness (QED) is 0.324. The summed E-state index contributed by atoms with van der Waals surface area (Å²) in [6, 6.07) is 20.0. The van der Waals surface area contributed by atoms with Crippen LogP contribution in [0.5, 0.6) is 0 Å². The van der Waals surface area contributed by atoms with Crippen LogP contribution in [0.1, 0.15) is 37.7 Å². The maximum atomic E-state index is 13.1. The number of amides is 1. The Kier molecular flexibility index (Phi) is 9.46. The minimum atomic E-state index is -3.71. The molecule has 1 aromatic heterocycles. The topological polar surface area (TPSA) is 121 Å². The number of sulfone groups is 1. The highest BCUT2D eigenvalue weighted by Crippen LogP contribution is 2.51. The first kappa shape index (κ1) is 32.5. The van der Waals surface area contributed by atoms with Gasteiger partial charge >= 0.3 is 6.09 Å². The summed E-state index contributed by atoms with van der Waals surface area (Å²) in [6.07, 6.45) is 5.36. The molecule has 2 aliphatic heterocycles. The zero-order valence-corrected chi connectivity index (χ0v) is 28.7. The summed E-state index contributed by atoms with van der Waals surface area (Å²) < 4.78 is 33.9. The molecule has 46 heavy (non-hydrogen) atoms. The van der Waals surface area contributed by atoms with Crippen molar-refractivity contribution in [2.24, 2.45) is 24.8 Å². The summed E-state index contributed by atoms with van der Waals surface area (Å²) in [7, 11) is -0.443. The van der Waals surface area contributed by atoms with Crippen molar-refractivity contribution in [2.75, 3.05) is 44.7 Å². The number of carbonyl (C=O) groups is 1.